The molecule has 1 aromatic carbocycles. The molecule has 1 aromatic heterocycles. The third kappa shape index (κ3) is 4.32. The van der Waals surface area contributed by atoms with E-state index in [1.165, 1.54) is 0 Å². The standard InChI is InChI=1S/C16H13ClF3NO3S/c1-3-24-14(22)12-11(9-4-6-10(17)7-5-9)8(2)25-13(12)21-15(23)16(18,19)20/h4-7H,3H2,1-2H3,(H,21,23). The summed E-state index contributed by atoms with van der Waals surface area (Å²) in [5.41, 5.74) is 0.871. The number of carbonyl (C=O) groups is 2. The average Bonchev–Trinajstić information content (AvgIpc) is 2.83. The van der Waals surface area contributed by atoms with Crippen molar-refractivity contribution in [2.45, 2.75) is 20.0 Å². The first-order valence-corrected chi connectivity index (χ1v) is 8.29. The lowest BCUT2D eigenvalue weighted by Gasteiger charge is -2.10. The lowest BCUT2D eigenvalue weighted by Crippen LogP contribution is -2.30. The minimum absolute atomic E-state index is 0.0421. The van der Waals surface area contributed by atoms with E-state index < -0.39 is 18.1 Å². The highest BCUT2D eigenvalue weighted by atomic mass is 35.5. The predicted octanol–water partition coefficient (Wildman–Crippen LogP) is 5.05. The topological polar surface area (TPSA) is 55.4 Å². The van der Waals surface area contributed by atoms with Crippen molar-refractivity contribution >= 4 is 39.8 Å². The summed E-state index contributed by atoms with van der Waals surface area (Å²) < 4.78 is 42.6. The molecule has 1 heterocycles. The summed E-state index contributed by atoms with van der Waals surface area (Å²) in [6.45, 7) is 3.26. The molecule has 1 amide bonds. The second kappa shape index (κ2) is 7.45. The van der Waals surface area contributed by atoms with Crippen LogP contribution in [0.1, 0.15) is 22.2 Å². The van der Waals surface area contributed by atoms with Gasteiger partial charge in [-0.25, -0.2) is 4.79 Å². The number of carbonyl (C=O) groups excluding carboxylic acids is 2. The van der Waals surface area contributed by atoms with Gasteiger partial charge in [0.05, 0.1) is 6.61 Å². The number of ether oxygens (including phenoxy) is 1. The summed E-state index contributed by atoms with van der Waals surface area (Å²) in [4.78, 5) is 24.1. The Hall–Kier alpha value is -2.06. The molecule has 0 spiro atoms. The van der Waals surface area contributed by atoms with Crippen LogP contribution >= 0.6 is 22.9 Å². The zero-order valence-electron chi connectivity index (χ0n) is 13.2. The molecule has 0 fully saturated rings. The first kappa shape index (κ1) is 19.3. The molecule has 0 saturated carbocycles. The fourth-order valence-electron chi connectivity index (χ4n) is 2.17. The molecule has 9 heteroatoms. The van der Waals surface area contributed by atoms with Crippen LogP contribution in [0.15, 0.2) is 24.3 Å². The summed E-state index contributed by atoms with van der Waals surface area (Å²) in [5, 5.41) is 2.03. The quantitative estimate of drug-likeness (QED) is 0.741. The average molecular weight is 392 g/mol. The molecule has 0 aliphatic heterocycles. The molecule has 4 nitrogen and oxygen atoms in total. The van der Waals surface area contributed by atoms with Crippen molar-refractivity contribution < 1.29 is 27.5 Å². The second-order valence-electron chi connectivity index (χ2n) is 4.92. The van der Waals surface area contributed by atoms with Crippen LogP contribution < -0.4 is 5.32 Å². The van der Waals surface area contributed by atoms with E-state index in [9.17, 15) is 22.8 Å². The van der Waals surface area contributed by atoms with Gasteiger partial charge in [-0.3, -0.25) is 4.79 Å². The van der Waals surface area contributed by atoms with Crippen LogP contribution in [-0.2, 0) is 9.53 Å². The van der Waals surface area contributed by atoms with Gasteiger partial charge in [-0.05, 0) is 31.5 Å². The number of esters is 1. The largest absolute Gasteiger partial charge is 0.471 e. The van der Waals surface area contributed by atoms with Gasteiger partial charge >= 0.3 is 18.1 Å². The highest BCUT2D eigenvalue weighted by Gasteiger charge is 2.40. The molecule has 0 unspecified atom stereocenters. The third-order valence-electron chi connectivity index (χ3n) is 3.18. The van der Waals surface area contributed by atoms with Crippen LogP contribution in [0.3, 0.4) is 0 Å². The maximum absolute atomic E-state index is 12.6. The number of hydrogen-bond donors (Lipinski definition) is 1. The summed E-state index contributed by atoms with van der Waals surface area (Å²) in [5.74, 6) is -2.96. The molecule has 0 radical (unpaired) electrons. The number of rotatable bonds is 4. The first-order chi connectivity index (χ1) is 11.6. The van der Waals surface area contributed by atoms with Crippen LogP contribution in [0.4, 0.5) is 18.2 Å². The van der Waals surface area contributed by atoms with Crippen LogP contribution in [0.25, 0.3) is 11.1 Å². The Morgan fingerprint density at radius 1 is 1.24 bits per heavy atom. The van der Waals surface area contributed by atoms with E-state index in [-0.39, 0.29) is 17.2 Å². The fourth-order valence-corrected chi connectivity index (χ4v) is 3.35. The molecule has 2 rings (SSSR count). The SMILES string of the molecule is CCOC(=O)c1c(NC(=O)C(F)(F)F)sc(C)c1-c1ccc(Cl)cc1. The summed E-state index contributed by atoms with van der Waals surface area (Å²) in [6, 6.07) is 6.46. The number of alkyl halides is 3. The van der Waals surface area contributed by atoms with Gasteiger partial charge in [-0.15, -0.1) is 11.3 Å². The zero-order chi connectivity index (χ0) is 18.8. The maximum Gasteiger partial charge on any atom is 0.471 e. The molecule has 1 N–H and O–H groups in total. The van der Waals surface area contributed by atoms with E-state index in [2.05, 4.69) is 0 Å². The molecule has 0 aliphatic rings. The van der Waals surface area contributed by atoms with Crippen molar-refractivity contribution in [3.05, 3.63) is 39.7 Å². The number of amides is 1. The first-order valence-electron chi connectivity index (χ1n) is 7.09. The fraction of sp³-hybridized carbons (Fsp3) is 0.250. The maximum atomic E-state index is 12.6. The Bertz CT molecular complexity index is 800. The van der Waals surface area contributed by atoms with Gasteiger partial charge in [0, 0.05) is 15.5 Å². The molecular weight excluding hydrogens is 379 g/mol. The number of nitrogens with one attached hydrogen (secondary N) is 1. The Balaban J connectivity index is 2.57. The smallest absolute Gasteiger partial charge is 0.462 e. The summed E-state index contributed by atoms with van der Waals surface area (Å²) >= 11 is 6.72. The van der Waals surface area contributed by atoms with E-state index in [4.69, 9.17) is 16.3 Å². The van der Waals surface area contributed by atoms with Crippen molar-refractivity contribution in [1.82, 2.24) is 0 Å². The second-order valence-corrected chi connectivity index (χ2v) is 6.58. The molecule has 0 saturated heterocycles. The highest BCUT2D eigenvalue weighted by Crippen LogP contribution is 2.41. The van der Waals surface area contributed by atoms with E-state index in [0.29, 0.717) is 21.0 Å². The third-order valence-corrected chi connectivity index (χ3v) is 4.45. The van der Waals surface area contributed by atoms with Gasteiger partial charge in [-0.1, -0.05) is 23.7 Å². The lowest BCUT2D eigenvalue weighted by atomic mass is 10.0. The number of hydrogen-bond acceptors (Lipinski definition) is 4. The van der Waals surface area contributed by atoms with Crippen LogP contribution in [0.5, 0.6) is 0 Å². The number of benzene rings is 1. The van der Waals surface area contributed by atoms with E-state index in [0.717, 1.165) is 11.3 Å². The minimum Gasteiger partial charge on any atom is -0.462 e. The van der Waals surface area contributed by atoms with Crippen molar-refractivity contribution in [1.29, 1.82) is 0 Å². The molecule has 25 heavy (non-hydrogen) atoms. The number of anilines is 1. The summed E-state index contributed by atoms with van der Waals surface area (Å²) in [7, 11) is 0. The van der Waals surface area contributed by atoms with Crippen molar-refractivity contribution in [3.8, 4) is 11.1 Å². The van der Waals surface area contributed by atoms with E-state index >= 15 is 0 Å². The summed E-state index contributed by atoms with van der Waals surface area (Å²) in [6.07, 6.45) is -5.07. The minimum atomic E-state index is -5.07. The number of thiophene rings is 1. The van der Waals surface area contributed by atoms with E-state index in [1.54, 1.807) is 43.4 Å². The van der Waals surface area contributed by atoms with Gasteiger partial charge in [-0.2, -0.15) is 13.2 Å². The Kier molecular flexibility index (Phi) is 5.74. The van der Waals surface area contributed by atoms with Gasteiger partial charge < -0.3 is 10.1 Å². The molecule has 0 bridgehead atoms. The Morgan fingerprint density at radius 3 is 2.36 bits per heavy atom. The zero-order valence-corrected chi connectivity index (χ0v) is 14.7. The molecule has 0 aliphatic carbocycles. The van der Waals surface area contributed by atoms with Crippen molar-refractivity contribution in [3.63, 3.8) is 0 Å². The highest BCUT2D eigenvalue weighted by molar-refractivity contribution is 7.17. The molecule has 0 atom stereocenters. The monoisotopic (exact) mass is 391 g/mol. The van der Waals surface area contributed by atoms with Crippen LogP contribution in [-0.4, -0.2) is 24.7 Å². The lowest BCUT2D eigenvalue weighted by molar-refractivity contribution is -0.167. The van der Waals surface area contributed by atoms with Gasteiger partial charge in [0.2, 0.25) is 0 Å². The molecule has 2 aromatic rings. The molecule has 134 valence electrons. The van der Waals surface area contributed by atoms with Crippen LogP contribution in [0, 0.1) is 6.92 Å². The molecular formula is C16H13ClF3NO3S. The number of halogens is 4. The van der Waals surface area contributed by atoms with E-state index in [1.807, 2.05) is 0 Å². The Morgan fingerprint density at radius 2 is 1.84 bits per heavy atom. The van der Waals surface area contributed by atoms with Crippen molar-refractivity contribution in [2.75, 3.05) is 11.9 Å². The normalized spacial score (nSPS) is 11.3. The Labute approximate surface area is 150 Å². The van der Waals surface area contributed by atoms with Gasteiger partial charge in [0.25, 0.3) is 0 Å². The van der Waals surface area contributed by atoms with Gasteiger partial charge in [0.1, 0.15) is 10.6 Å². The van der Waals surface area contributed by atoms with Crippen molar-refractivity contribution in [2.24, 2.45) is 0 Å². The number of aryl methyl sites for hydroxylation is 1. The van der Waals surface area contributed by atoms with Crippen LogP contribution in [0.2, 0.25) is 5.02 Å². The van der Waals surface area contributed by atoms with Gasteiger partial charge in [0.15, 0.2) is 0 Å². The predicted molar refractivity (Wildman–Crippen MR) is 90.1 cm³/mol.